The quantitative estimate of drug-likeness (QED) is 0.339. The standard InChI is InChI=1S/C7H13.CH3.U.2W/c1-7-5-3-2-4-6-7;;;;/h2,7H,3-6H2,1H3;1H3;;;/q2*-1;+2;;. The largest absolute Gasteiger partial charge is 2.00 e. The van der Waals surface area contributed by atoms with Crippen molar-refractivity contribution in [3.8, 4) is 0 Å². The van der Waals surface area contributed by atoms with Crippen LogP contribution < -0.4 is 0 Å². The van der Waals surface area contributed by atoms with Gasteiger partial charge in [0.1, 0.15) is 0 Å². The maximum Gasteiger partial charge on any atom is 2.00 e. The number of hydrogen-bond donors (Lipinski definition) is 0. The third-order valence-electron chi connectivity index (χ3n) is 1.73. The summed E-state index contributed by atoms with van der Waals surface area (Å²) in [4.78, 5) is 0. The third-order valence-corrected chi connectivity index (χ3v) is 1.73. The van der Waals surface area contributed by atoms with Crippen molar-refractivity contribution in [2.75, 3.05) is 0 Å². The SMILES string of the molecule is CC1CC[CH-]CC1.[CH3-].[U+2].[W].[W]. The Bertz CT molecular complexity index is 54.1. The molecular weight excluding hydrogens is 702 g/mol. The van der Waals surface area contributed by atoms with Crippen molar-refractivity contribution in [3.63, 3.8) is 0 Å². The van der Waals surface area contributed by atoms with Gasteiger partial charge in [-0.1, -0.05) is 19.8 Å². The molecule has 0 radical (unpaired) electrons. The molecule has 0 aromatic rings. The zero-order chi connectivity index (χ0) is 5.11. The molecule has 1 fully saturated rings. The Morgan fingerprint density at radius 2 is 1.45 bits per heavy atom. The van der Waals surface area contributed by atoms with Gasteiger partial charge in [0, 0.05) is 42.1 Å². The maximum atomic E-state index is 2.40. The van der Waals surface area contributed by atoms with E-state index in [1.807, 2.05) is 0 Å². The van der Waals surface area contributed by atoms with E-state index in [1.54, 1.807) is 0 Å². The Kier molecular flexibility index (Phi) is 31.7. The van der Waals surface area contributed by atoms with Crippen LogP contribution in [0, 0.1) is 50.9 Å². The van der Waals surface area contributed by atoms with Crippen molar-refractivity contribution in [2.45, 2.75) is 32.6 Å². The maximum absolute atomic E-state index is 2.40. The molecule has 0 nitrogen and oxygen atoms in total. The molecule has 0 spiro atoms. The molecule has 0 aliphatic heterocycles. The molecule has 64 valence electrons. The van der Waals surface area contributed by atoms with Gasteiger partial charge in [0.15, 0.2) is 0 Å². The minimum absolute atomic E-state index is 0. The fraction of sp³-hybridized carbons (Fsp3) is 0.750. The van der Waals surface area contributed by atoms with Crippen molar-refractivity contribution in [1.82, 2.24) is 0 Å². The summed E-state index contributed by atoms with van der Waals surface area (Å²) in [6.07, 6.45) is 7.99. The molecule has 3 heteroatoms. The van der Waals surface area contributed by atoms with Gasteiger partial charge in [0.2, 0.25) is 0 Å². The molecule has 0 heterocycles. The Labute approximate surface area is 124 Å². The second-order valence-electron chi connectivity index (χ2n) is 2.55. The summed E-state index contributed by atoms with van der Waals surface area (Å²) in [5.74, 6) is 1.00. The topological polar surface area (TPSA) is 0 Å². The summed E-state index contributed by atoms with van der Waals surface area (Å²) in [6, 6.07) is 0. The molecule has 0 aromatic carbocycles. The summed E-state index contributed by atoms with van der Waals surface area (Å²) >= 11 is 0. The first-order chi connectivity index (χ1) is 3.39. The van der Waals surface area contributed by atoms with Gasteiger partial charge in [-0.15, -0.1) is 0 Å². The zero-order valence-electron chi connectivity index (χ0n) is 7.30. The molecule has 1 rings (SSSR count). The van der Waals surface area contributed by atoms with Crippen LogP contribution in [0.15, 0.2) is 0 Å². The van der Waals surface area contributed by atoms with E-state index in [0.717, 1.165) is 5.92 Å². The van der Waals surface area contributed by atoms with Crippen LogP contribution in [0.25, 0.3) is 0 Å². The van der Waals surface area contributed by atoms with Gasteiger partial charge in [-0.2, -0.15) is 12.8 Å². The van der Waals surface area contributed by atoms with E-state index in [4.69, 9.17) is 0 Å². The molecule has 11 heavy (non-hydrogen) atoms. The summed E-state index contributed by atoms with van der Waals surface area (Å²) in [6.45, 7) is 2.34. The average Bonchev–Trinajstić information content (AvgIpc) is 1.69. The summed E-state index contributed by atoms with van der Waals surface area (Å²) in [5.41, 5.74) is 0. The summed E-state index contributed by atoms with van der Waals surface area (Å²) in [7, 11) is 0. The molecule has 1 aliphatic carbocycles. The molecule has 0 saturated heterocycles. The first-order valence-electron chi connectivity index (χ1n) is 3.21. The van der Waals surface area contributed by atoms with E-state index in [2.05, 4.69) is 13.3 Å². The van der Waals surface area contributed by atoms with Crippen LogP contribution in [0.3, 0.4) is 0 Å². The first kappa shape index (κ1) is 23.3. The predicted molar refractivity (Wildman–Crippen MR) is 38.3 cm³/mol. The van der Waals surface area contributed by atoms with Gasteiger partial charge in [0.25, 0.3) is 0 Å². The first-order valence-corrected chi connectivity index (χ1v) is 3.21. The molecule has 1 aliphatic rings. The van der Waals surface area contributed by atoms with E-state index in [1.165, 1.54) is 25.7 Å². The molecule has 0 unspecified atom stereocenters. The monoisotopic (exact) mass is 718 g/mol. The Morgan fingerprint density at radius 3 is 1.64 bits per heavy atom. The van der Waals surface area contributed by atoms with Crippen LogP contribution in [0.2, 0.25) is 0 Å². The van der Waals surface area contributed by atoms with Gasteiger partial charge >= 0.3 is 31.1 Å². The molecule has 1 saturated carbocycles. The summed E-state index contributed by atoms with van der Waals surface area (Å²) < 4.78 is 0. The van der Waals surface area contributed by atoms with Gasteiger partial charge in [-0.3, -0.25) is 0 Å². The second kappa shape index (κ2) is 14.9. The van der Waals surface area contributed by atoms with Crippen LogP contribution in [-0.4, -0.2) is 0 Å². The van der Waals surface area contributed by atoms with Crippen molar-refractivity contribution >= 4 is 0 Å². The van der Waals surface area contributed by atoms with Gasteiger partial charge in [-0.05, 0) is 5.92 Å². The Balaban J connectivity index is -0.0000000612. The Hall–Kier alpha value is 2.43. The predicted octanol–water partition coefficient (Wildman–Crippen LogP) is 2.85. The minimum Gasteiger partial charge on any atom is -0.358 e. The molecule has 0 atom stereocenters. The fourth-order valence-electron chi connectivity index (χ4n) is 1.09. The van der Waals surface area contributed by atoms with Crippen LogP contribution in [0.4, 0.5) is 0 Å². The normalized spacial score (nSPS) is 16.1. The van der Waals surface area contributed by atoms with Gasteiger partial charge in [0.05, 0.1) is 0 Å². The molecule has 0 aromatic heterocycles. The van der Waals surface area contributed by atoms with Crippen LogP contribution in [0.5, 0.6) is 0 Å². The van der Waals surface area contributed by atoms with Crippen molar-refractivity contribution in [2.24, 2.45) is 5.92 Å². The molecular formula is C8H16UW2. The van der Waals surface area contributed by atoms with Gasteiger partial charge < -0.3 is 13.8 Å². The van der Waals surface area contributed by atoms with Crippen molar-refractivity contribution in [1.29, 1.82) is 0 Å². The number of hydrogen-bond acceptors (Lipinski definition) is 0. The molecule has 0 bridgehead atoms. The zero-order valence-corrected chi connectivity index (χ0v) is 17.3. The third kappa shape index (κ3) is 12.4. The van der Waals surface area contributed by atoms with Crippen molar-refractivity contribution in [3.05, 3.63) is 13.8 Å². The van der Waals surface area contributed by atoms with E-state index in [-0.39, 0.29) is 80.7 Å². The minimum atomic E-state index is 0. The van der Waals surface area contributed by atoms with Crippen molar-refractivity contribution < 1.29 is 73.2 Å². The smallest absolute Gasteiger partial charge is 0.358 e. The van der Waals surface area contributed by atoms with Crippen LogP contribution >= 0.6 is 0 Å². The van der Waals surface area contributed by atoms with E-state index in [0.29, 0.717) is 0 Å². The van der Waals surface area contributed by atoms with E-state index in [9.17, 15) is 0 Å². The second-order valence-corrected chi connectivity index (χ2v) is 2.55. The Morgan fingerprint density at radius 1 is 1.09 bits per heavy atom. The van der Waals surface area contributed by atoms with Crippen LogP contribution in [-0.2, 0) is 42.1 Å². The summed E-state index contributed by atoms with van der Waals surface area (Å²) in [5, 5.41) is 0. The number of rotatable bonds is 0. The van der Waals surface area contributed by atoms with Crippen LogP contribution in [0.1, 0.15) is 32.6 Å². The van der Waals surface area contributed by atoms with E-state index < -0.39 is 0 Å². The van der Waals surface area contributed by atoms with E-state index >= 15 is 0 Å². The molecule has 0 amide bonds. The fourth-order valence-corrected chi connectivity index (χ4v) is 1.09. The molecule has 0 N–H and O–H groups in total. The average molecular weight is 718 g/mol. The van der Waals surface area contributed by atoms with Gasteiger partial charge in [-0.25, -0.2) is 0 Å².